The molecule has 2 N–H and O–H groups in total. The SMILES string of the molecule is Cc1nc(CCNC(=O)c2cc(=O)[nH]o2)nc2c1CCCC2. The third-order valence-corrected chi connectivity index (χ3v) is 3.82. The number of carbonyl (C=O) groups excluding carboxylic acids is 1. The summed E-state index contributed by atoms with van der Waals surface area (Å²) < 4.78 is 4.74. The van der Waals surface area contributed by atoms with Gasteiger partial charge in [0, 0.05) is 24.4 Å². The molecule has 22 heavy (non-hydrogen) atoms. The van der Waals surface area contributed by atoms with Crippen LogP contribution in [0, 0.1) is 6.92 Å². The quantitative estimate of drug-likeness (QED) is 0.874. The van der Waals surface area contributed by atoms with Gasteiger partial charge >= 0.3 is 0 Å². The highest BCUT2D eigenvalue weighted by Crippen LogP contribution is 2.21. The van der Waals surface area contributed by atoms with Crippen molar-refractivity contribution in [2.75, 3.05) is 6.54 Å². The van der Waals surface area contributed by atoms with Crippen molar-refractivity contribution in [1.29, 1.82) is 0 Å². The van der Waals surface area contributed by atoms with Crippen molar-refractivity contribution in [2.45, 2.75) is 39.0 Å². The Morgan fingerprint density at radius 2 is 2.18 bits per heavy atom. The Morgan fingerprint density at radius 3 is 2.95 bits per heavy atom. The monoisotopic (exact) mass is 302 g/mol. The van der Waals surface area contributed by atoms with Crippen LogP contribution >= 0.6 is 0 Å². The summed E-state index contributed by atoms with van der Waals surface area (Å²) in [7, 11) is 0. The molecule has 116 valence electrons. The van der Waals surface area contributed by atoms with Gasteiger partial charge in [-0.05, 0) is 38.2 Å². The Hall–Kier alpha value is -2.44. The van der Waals surface area contributed by atoms with E-state index in [1.807, 2.05) is 6.92 Å². The summed E-state index contributed by atoms with van der Waals surface area (Å²) >= 11 is 0. The number of rotatable bonds is 4. The number of fused-ring (bicyclic) bond motifs is 1. The van der Waals surface area contributed by atoms with Crippen LogP contribution in [0.15, 0.2) is 15.4 Å². The van der Waals surface area contributed by atoms with Crippen molar-refractivity contribution < 1.29 is 9.32 Å². The number of carbonyl (C=O) groups is 1. The molecule has 0 aromatic carbocycles. The molecule has 7 heteroatoms. The van der Waals surface area contributed by atoms with Gasteiger partial charge in [0.25, 0.3) is 11.5 Å². The van der Waals surface area contributed by atoms with Gasteiger partial charge in [-0.1, -0.05) is 0 Å². The predicted molar refractivity (Wildman–Crippen MR) is 78.8 cm³/mol. The Labute approximate surface area is 127 Å². The summed E-state index contributed by atoms with van der Waals surface area (Å²) in [5.41, 5.74) is 3.05. The minimum absolute atomic E-state index is 0.0208. The molecule has 2 aromatic heterocycles. The molecule has 7 nitrogen and oxygen atoms in total. The molecular formula is C15H18N4O3. The van der Waals surface area contributed by atoms with Crippen LogP contribution in [0.4, 0.5) is 0 Å². The van der Waals surface area contributed by atoms with Crippen LogP contribution in [0.25, 0.3) is 0 Å². The van der Waals surface area contributed by atoms with E-state index < -0.39 is 11.5 Å². The molecule has 2 aromatic rings. The van der Waals surface area contributed by atoms with Crippen LogP contribution in [0.5, 0.6) is 0 Å². The first-order valence-corrected chi connectivity index (χ1v) is 7.45. The number of aromatic nitrogens is 3. The number of aromatic amines is 1. The lowest BCUT2D eigenvalue weighted by molar-refractivity contribution is 0.0917. The van der Waals surface area contributed by atoms with Crippen molar-refractivity contribution in [3.8, 4) is 0 Å². The Bertz CT molecular complexity index is 747. The van der Waals surface area contributed by atoms with E-state index in [-0.39, 0.29) is 5.76 Å². The summed E-state index contributed by atoms with van der Waals surface area (Å²) in [5.74, 6) is 0.301. The maximum atomic E-state index is 11.7. The predicted octanol–water partition coefficient (Wildman–Crippen LogP) is 0.918. The molecule has 0 saturated heterocycles. The van der Waals surface area contributed by atoms with E-state index in [9.17, 15) is 9.59 Å². The Kier molecular flexibility index (Phi) is 4.04. The molecule has 0 aliphatic heterocycles. The van der Waals surface area contributed by atoms with Crippen molar-refractivity contribution >= 4 is 5.91 Å². The van der Waals surface area contributed by atoms with E-state index in [1.54, 1.807) is 0 Å². The Morgan fingerprint density at radius 1 is 1.36 bits per heavy atom. The van der Waals surface area contributed by atoms with Crippen molar-refractivity contribution in [1.82, 2.24) is 20.4 Å². The number of hydrogen-bond acceptors (Lipinski definition) is 5. The van der Waals surface area contributed by atoms with E-state index >= 15 is 0 Å². The number of hydrogen-bond donors (Lipinski definition) is 2. The fourth-order valence-electron chi connectivity index (χ4n) is 2.73. The minimum Gasteiger partial charge on any atom is -0.373 e. The highest BCUT2D eigenvalue weighted by atomic mass is 16.5. The van der Waals surface area contributed by atoms with Crippen LogP contribution in [0.1, 0.15) is 46.2 Å². The van der Waals surface area contributed by atoms with E-state index in [4.69, 9.17) is 4.52 Å². The number of amides is 1. The lowest BCUT2D eigenvalue weighted by atomic mass is 9.95. The third kappa shape index (κ3) is 3.08. The zero-order chi connectivity index (χ0) is 15.5. The largest absolute Gasteiger partial charge is 0.373 e. The molecule has 0 atom stereocenters. The van der Waals surface area contributed by atoms with Crippen molar-refractivity contribution in [3.63, 3.8) is 0 Å². The first kappa shape index (κ1) is 14.5. The highest BCUT2D eigenvalue weighted by Gasteiger charge is 2.16. The molecule has 2 heterocycles. The smallest absolute Gasteiger partial charge is 0.289 e. The van der Waals surface area contributed by atoms with Gasteiger partial charge in [0.15, 0.2) is 0 Å². The van der Waals surface area contributed by atoms with Gasteiger partial charge in [-0.15, -0.1) is 0 Å². The van der Waals surface area contributed by atoms with E-state index in [0.717, 1.165) is 36.1 Å². The van der Waals surface area contributed by atoms with E-state index in [0.29, 0.717) is 13.0 Å². The standard InChI is InChI=1S/C15H18N4O3/c1-9-10-4-2-3-5-11(10)18-13(17-9)6-7-16-15(21)12-8-14(20)19-22-12/h8H,2-7H2,1H3,(H,16,21)(H,19,20). The first-order valence-electron chi connectivity index (χ1n) is 7.45. The summed E-state index contributed by atoms with van der Waals surface area (Å²) in [6.45, 7) is 2.41. The Balaban J connectivity index is 1.61. The topological polar surface area (TPSA) is 101 Å². The van der Waals surface area contributed by atoms with Crippen LogP contribution in [0.3, 0.4) is 0 Å². The van der Waals surface area contributed by atoms with Crippen LogP contribution in [-0.4, -0.2) is 27.6 Å². The van der Waals surface area contributed by atoms with Crippen molar-refractivity contribution in [2.24, 2.45) is 0 Å². The fraction of sp³-hybridized carbons (Fsp3) is 0.467. The molecular weight excluding hydrogens is 284 g/mol. The van der Waals surface area contributed by atoms with E-state index in [2.05, 4.69) is 20.4 Å². The second-order valence-electron chi connectivity index (χ2n) is 5.44. The minimum atomic E-state index is -0.432. The highest BCUT2D eigenvalue weighted by molar-refractivity contribution is 5.91. The maximum Gasteiger partial charge on any atom is 0.289 e. The third-order valence-electron chi connectivity index (χ3n) is 3.82. The van der Waals surface area contributed by atoms with Gasteiger partial charge in [-0.25, -0.2) is 9.97 Å². The summed E-state index contributed by atoms with van der Waals surface area (Å²) in [6.07, 6.45) is 4.99. The first-order chi connectivity index (χ1) is 10.6. The lowest BCUT2D eigenvalue weighted by Crippen LogP contribution is -2.26. The summed E-state index contributed by atoms with van der Waals surface area (Å²) in [5, 5.41) is 4.77. The molecule has 0 fully saturated rings. The zero-order valence-corrected chi connectivity index (χ0v) is 12.4. The van der Waals surface area contributed by atoms with Gasteiger partial charge in [0.05, 0.1) is 6.07 Å². The lowest BCUT2D eigenvalue weighted by Gasteiger charge is -2.17. The second kappa shape index (κ2) is 6.13. The van der Waals surface area contributed by atoms with Crippen LogP contribution < -0.4 is 10.9 Å². The molecule has 1 aliphatic rings. The van der Waals surface area contributed by atoms with E-state index in [1.165, 1.54) is 18.4 Å². The average Bonchev–Trinajstić information content (AvgIpc) is 2.94. The number of nitrogens with zero attached hydrogens (tertiary/aromatic N) is 2. The number of nitrogens with one attached hydrogen (secondary N) is 2. The fourth-order valence-corrected chi connectivity index (χ4v) is 2.73. The van der Waals surface area contributed by atoms with Crippen LogP contribution in [0.2, 0.25) is 0 Å². The molecule has 0 unspecified atom stereocenters. The second-order valence-corrected chi connectivity index (χ2v) is 5.44. The zero-order valence-electron chi connectivity index (χ0n) is 12.4. The average molecular weight is 302 g/mol. The number of H-pyrrole nitrogens is 1. The maximum absolute atomic E-state index is 11.7. The van der Waals surface area contributed by atoms with Crippen molar-refractivity contribution in [3.05, 3.63) is 45.0 Å². The molecule has 0 spiro atoms. The van der Waals surface area contributed by atoms with Gasteiger partial charge in [-0.3, -0.25) is 9.59 Å². The number of aryl methyl sites for hydroxylation is 2. The molecule has 0 radical (unpaired) electrons. The summed E-state index contributed by atoms with van der Waals surface area (Å²) in [4.78, 5) is 31.8. The molecule has 1 amide bonds. The molecule has 0 bridgehead atoms. The molecule has 0 saturated carbocycles. The van der Waals surface area contributed by atoms with Gasteiger partial charge < -0.3 is 9.84 Å². The summed E-state index contributed by atoms with van der Waals surface area (Å²) in [6, 6.07) is 1.12. The van der Waals surface area contributed by atoms with Gasteiger partial charge in [-0.2, -0.15) is 5.16 Å². The normalized spacial score (nSPS) is 13.7. The van der Waals surface area contributed by atoms with Crippen LogP contribution in [-0.2, 0) is 19.3 Å². The van der Waals surface area contributed by atoms with Gasteiger partial charge in [0.1, 0.15) is 5.82 Å². The molecule has 1 aliphatic carbocycles. The molecule has 3 rings (SSSR count). The van der Waals surface area contributed by atoms with Gasteiger partial charge in [0.2, 0.25) is 5.76 Å².